The number of aromatic nitrogens is 2. The maximum absolute atomic E-state index is 11.8. The van der Waals surface area contributed by atoms with Gasteiger partial charge >= 0.3 is 0 Å². The summed E-state index contributed by atoms with van der Waals surface area (Å²) in [5, 5.41) is 7.19. The summed E-state index contributed by atoms with van der Waals surface area (Å²) in [6, 6.07) is 0. The molecule has 5 nitrogen and oxygen atoms in total. The molecular formula is C11H16ClN3O2. The zero-order chi connectivity index (χ0) is 12.7. The molecule has 0 aromatic carbocycles. The van der Waals surface area contributed by atoms with Crippen LogP contribution in [0.1, 0.15) is 6.42 Å². The summed E-state index contributed by atoms with van der Waals surface area (Å²) in [5.74, 6) is 0. The lowest BCUT2D eigenvalue weighted by atomic mass is 10.4. The van der Waals surface area contributed by atoms with Crippen LogP contribution in [0, 0.1) is 0 Å². The summed E-state index contributed by atoms with van der Waals surface area (Å²) in [6.45, 7) is 5.10. The van der Waals surface area contributed by atoms with Crippen molar-refractivity contribution < 1.29 is 4.74 Å². The van der Waals surface area contributed by atoms with E-state index in [1.54, 1.807) is 19.4 Å². The van der Waals surface area contributed by atoms with Gasteiger partial charge in [0.05, 0.1) is 25.0 Å². The molecule has 0 fully saturated rings. The first-order valence-electron chi connectivity index (χ1n) is 5.30. The van der Waals surface area contributed by atoms with Gasteiger partial charge in [0.25, 0.3) is 5.56 Å². The van der Waals surface area contributed by atoms with E-state index in [9.17, 15) is 4.79 Å². The zero-order valence-corrected chi connectivity index (χ0v) is 10.5. The van der Waals surface area contributed by atoms with Gasteiger partial charge in [-0.15, -0.1) is 6.58 Å². The fourth-order valence-electron chi connectivity index (χ4n) is 1.23. The average Bonchev–Trinajstić information content (AvgIpc) is 2.34. The van der Waals surface area contributed by atoms with E-state index in [0.29, 0.717) is 25.4 Å². The van der Waals surface area contributed by atoms with Crippen molar-refractivity contribution in [3.63, 3.8) is 0 Å². The Bertz CT molecular complexity index is 431. The number of anilines is 1. The van der Waals surface area contributed by atoms with Gasteiger partial charge in [-0.05, 0) is 6.42 Å². The molecule has 0 atom stereocenters. The van der Waals surface area contributed by atoms with Crippen LogP contribution in [0.25, 0.3) is 0 Å². The number of methoxy groups -OCH3 is 1. The van der Waals surface area contributed by atoms with Crippen LogP contribution < -0.4 is 10.9 Å². The van der Waals surface area contributed by atoms with Gasteiger partial charge < -0.3 is 10.1 Å². The molecule has 6 heteroatoms. The van der Waals surface area contributed by atoms with E-state index in [4.69, 9.17) is 16.3 Å². The predicted octanol–water partition coefficient (Wildman–Crippen LogP) is 1.53. The number of halogens is 1. The first-order valence-corrected chi connectivity index (χ1v) is 5.67. The van der Waals surface area contributed by atoms with Crippen LogP contribution in [-0.4, -0.2) is 30.0 Å². The molecule has 1 rings (SSSR count). The molecule has 1 aromatic heterocycles. The third kappa shape index (κ3) is 3.87. The Hall–Kier alpha value is -1.33. The Morgan fingerprint density at radius 3 is 3.12 bits per heavy atom. The zero-order valence-electron chi connectivity index (χ0n) is 9.78. The lowest BCUT2D eigenvalue weighted by Gasteiger charge is -2.09. The van der Waals surface area contributed by atoms with Crippen LogP contribution >= 0.6 is 11.6 Å². The minimum absolute atomic E-state index is 0.153. The van der Waals surface area contributed by atoms with E-state index in [1.165, 1.54) is 4.68 Å². The normalized spacial score (nSPS) is 10.2. The molecule has 0 aliphatic carbocycles. The molecule has 0 amide bonds. The quantitative estimate of drug-likeness (QED) is 0.595. The van der Waals surface area contributed by atoms with Crippen molar-refractivity contribution in [3.8, 4) is 0 Å². The molecule has 1 heterocycles. The first-order chi connectivity index (χ1) is 8.20. The molecule has 0 aliphatic heterocycles. The average molecular weight is 258 g/mol. The third-order valence-electron chi connectivity index (χ3n) is 2.16. The summed E-state index contributed by atoms with van der Waals surface area (Å²) in [4.78, 5) is 11.8. The molecule has 0 radical (unpaired) electrons. The Balaban J connectivity index is 2.79. The van der Waals surface area contributed by atoms with Gasteiger partial charge in [-0.1, -0.05) is 17.7 Å². The van der Waals surface area contributed by atoms with Gasteiger partial charge in [-0.2, -0.15) is 5.10 Å². The molecule has 0 saturated heterocycles. The third-order valence-corrected chi connectivity index (χ3v) is 2.52. The van der Waals surface area contributed by atoms with E-state index in [-0.39, 0.29) is 10.6 Å². The van der Waals surface area contributed by atoms with E-state index >= 15 is 0 Å². The van der Waals surface area contributed by atoms with Crippen molar-refractivity contribution in [3.05, 3.63) is 34.2 Å². The van der Waals surface area contributed by atoms with Gasteiger partial charge in [-0.25, -0.2) is 4.68 Å². The molecule has 1 aromatic rings. The van der Waals surface area contributed by atoms with E-state index < -0.39 is 0 Å². The summed E-state index contributed by atoms with van der Waals surface area (Å²) >= 11 is 5.95. The maximum atomic E-state index is 11.8. The Labute approximate surface area is 105 Å². The van der Waals surface area contributed by atoms with Gasteiger partial charge in [0.15, 0.2) is 0 Å². The van der Waals surface area contributed by atoms with Crippen LogP contribution in [0.3, 0.4) is 0 Å². The predicted molar refractivity (Wildman–Crippen MR) is 68.7 cm³/mol. The summed E-state index contributed by atoms with van der Waals surface area (Å²) in [5.41, 5.74) is 0.236. The van der Waals surface area contributed by atoms with Gasteiger partial charge in [0.1, 0.15) is 5.02 Å². The van der Waals surface area contributed by atoms with E-state index in [1.807, 2.05) is 0 Å². The highest BCUT2D eigenvalue weighted by Crippen LogP contribution is 2.14. The molecule has 94 valence electrons. The standard InChI is InChI=1S/C11H16ClN3O2/c1-3-4-5-13-9-8-14-15(6-7-17-2)11(16)10(9)12/h3,8,13H,1,4-7H2,2H3. The molecule has 17 heavy (non-hydrogen) atoms. The molecule has 0 unspecified atom stereocenters. The summed E-state index contributed by atoms with van der Waals surface area (Å²) < 4.78 is 6.16. The number of nitrogens with one attached hydrogen (secondary N) is 1. The Morgan fingerprint density at radius 2 is 2.47 bits per heavy atom. The number of nitrogens with zero attached hydrogens (tertiary/aromatic N) is 2. The van der Waals surface area contributed by atoms with Crippen molar-refractivity contribution in [2.24, 2.45) is 0 Å². The Kier molecular flexibility index (Phi) is 5.72. The van der Waals surface area contributed by atoms with Crippen molar-refractivity contribution in [2.45, 2.75) is 13.0 Å². The lowest BCUT2D eigenvalue weighted by molar-refractivity contribution is 0.182. The topological polar surface area (TPSA) is 56.1 Å². The molecule has 0 spiro atoms. The number of rotatable bonds is 7. The monoisotopic (exact) mass is 257 g/mol. The van der Waals surface area contributed by atoms with Crippen molar-refractivity contribution >= 4 is 17.3 Å². The van der Waals surface area contributed by atoms with Crippen molar-refractivity contribution in [2.75, 3.05) is 25.6 Å². The molecule has 0 aliphatic rings. The van der Waals surface area contributed by atoms with Crippen molar-refractivity contribution in [1.29, 1.82) is 0 Å². The second-order valence-corrected chi connectivity index (χ2v) is 3.78. The smallest absolute Gasteiger partial charge is 0.287 e. The summed E-state index contributed by atoms with van der Waals surface area (Å²) in [7, 11) is 1.57. The highest BCUT2D eigenvalue weighted by atomic mass is 35.5. The Morgan fingerprint density at radius 1 is 1.71 bits per heavy atom. The van der Waals surface area contributed by atoms with E-state index in [2.05, 4.69) is 17.0 Å². The fraction of sp³-hybridized carbons (Fsp3) is 0.455. The van der Waals surface area contributed by atoms with Gasteiger partial charge in [0.2, 0.25) is 0 Å². The molecule has 0 saturated carbocycles. The van der Waals surface area contributed by atoms with E-state index in [0.717, 1.165) is 6.42 Å². The molecule has 0 bridgehead atoms. The van der Waals surface area contributed by atoms with Crippen LogP contribution in [0.15, 0.2) is 23.6 Å². The fourth-order valence-corrected chi connectivity index (χ4v) is 1.45. The van der Waals surface area contributed by atoms with Crippen molar-refractivity contribution in [1.82, 2.24) is 9.78 Å². The SMILES string of the molecule is C=CCCNc1cnn(CCOC)c(=O)c1Cl. The highest BCUT2D eigenvalue weighted by Gasteiger charge is 2.08. The maximum Gasteiger partial charge on any atom is 0.287 e. The minimum Gasteiger partial charge on any atom is -0.383 e. The molecule has 1 N–H and O–H groups in total. The largest absolute Gasteiger partial charge is 0.383 e. The summed E-state index contributed by atoms with van der Waals surface area (Å²) in [6.07, 6.45) is 4.12. The molecular weight excluding hydrogens is 242 g/mol. The van der Waals surface area contributed by atoms with Crippen LogP contribution in [-0.2, 0) is 11.3 Å². The number of ether oxygens (including phenoxy) is 1. The van der Waals surface area contributed by atoms with Gasteiger partial charge in [-0.3, -0.25) is 4.79 Å². The second kappa shape index (κ2) is 7.09. The van der Waals surface area contributed by atoms with Gasteiger partial charge in [0, 0.05) is 13.7 Å². The van der Waals surface area contributed by atoms with Crippen LogP contribution in [0.2, 0.25) is 5.02 Å². The minimum atomic E-state index is -0.313. The van der Waals surface area contributed by atoms with Crippen LogP contribution in [0.5, 0.6) is 0 Å². The second-order valence-electron chi connectivity index (χ2n) is 3.40. The number of hydrogen-bond acceptors (Lipinski definition) is 4. The highest BCUT2D eigenvalue weighted by molar-refractivity contribution is 6.32. The lowest BCUT2D eigenvalue weighted by Crippen LogP contribution is -2.26. The number of hydrogen-bond donors (Lipinski definition) is 1. The van der Waals surface area contributed by atoms with Crippen LogP contribution in [0.4, 0.5) is 5.69 Å². The first kappa shape index (κ1) is 13.7.